The lowest BCUT2D eigenvalue weighted by molar-refractivity contribution is -0.384. The van der Waals surface area contributed by atoms with E-state index in [1.165, 1.54) is 29.2 Å². The van der Waals surface area contributed by atoms with E-state index < -0.39 is 16.7 Å². The molecule has 0 fully saturated rings. The van der Waals surface area contributed by atoms with Crippen molar-refractivity contribution in [1.82, 2.24) is 9.47 Å². The third-order valence-electron chi connectivity index (χ3n) is 5.07. The number of carbonyl (C=O) groups excluding carboxylic acids is 1. The van der Waals surface area contributed by atoms with Gasteiger partial charge >= 0.3 is 6.18 Å². The van der Waals surface area contributed by atoms with Crippen LogP contribution < -0.4 is 0 Å². The lowest BCUT2D eigenvalue weighted by Gasteiger charge is -2.21. The van der Waals surface area contributed by atoms with Gasteiger partial charge in [-0.15, -0.1) is 6.58 Å². The molecule has 3 rings (SSSR count). The van der Waals surface area contributed by atoms with Crippen LogP contribution in [0.2, 0.25) is 0 Å². The molecule has 1 amide bonds. The summed E-state index contributed by atoms with van der Waals surface area (Å²) < 4.78 is 40.9. The van der Waals surface area contributed by atoms with Gasteiger partial charge in [0.1, 0.15) is 0 Å². The van der Waals surface area contributed by atoms with Crippen molar-refractivity contribution in [3.05, 3.63) is 118 Å². The second-order valence-corrected chi connectivity index (χ2v) is 7.51. The molecule has 0 saturated heterocycles. The van der Waals surface area contributed by atoms with E-state index in [0.717, 1.165) is 17.8 Å². The molecule has 0 radical (unpaired) electrons. The first-order valence-corrected chi connectivity index (χ1v) is 10.3. The van der Waals surface area contributed by atoms with Gasteiger partial charge in [-0.3, -0.25) is 14.9 Å². The zero-order chi connectivity index (χ0) is 24.7. The van der Waals surface area contributed by atoms with Crippen molar-refractivity contribution in [2.24, 2.45) is 0 Å². The summed E-state index contributed by atoms with van der Waals surface area (Å²) in [5.41, 5.74) is 1.12. The number of rotatable bonds is 9. The van der Waals surface area contributed by atoms with Gasteiger partial charge in [0.2, 0.25) is 5.91 Å². The number of nitro benzene ring substituents is 1. The van der Waals surface area contributed by atoms with Crippen molar-refractivity contribution in [3.8, 4) is 0 Å². The second-order valence-electron chi connectivity index (χ2n) is 7.51. The summed E-state index contributed by atoms with van der Waals surface area (Å²) in [6.45, 7) is 4.39. The molecule has 0 aliphatic heterocycles. The number of non-ortho nitro benzene ring substituents is 1. The first kappa shape index (κ1) is 24.5. The standard InChI is InChI=1S/C25H22F3N3O3/c1-2-14-30(24(32)13-10-19-8-11-22(12-9-19)31(33)34)18-23-7-4-15-29(23)17-20-5-3-6-21(16-20)25(26,27)28/h2-13,15-16H,1,14,17-18H2. The number of benzene rings is 2. The van der Waals surface area contributed by atoms with E-state index in [4.69, 9.17) is 0 Å². The van der Waals surface area contributed by atoms with Gasteiger partial charge in [0.15, 0.2) is 0 Å². The summed E-state index contributed by atoms with van der Waals surface area (Å²) in [7, 11) is 0. The molecule has 0 saturated carbocycles. The van der Waals surface area contributed by atoms with E-state index in [2.05, 4.69) is 6.58 Å². The number of aromatic nitrogens is 1. The number of amides is 1. The van der Waals surface area contributed by atoms with Crippen LogP contribution in [0.3, 0.4) is 0 Å². The van der Waals surface area contributed by atoms with Crippen LogP contribution in [0.1, 0.15) is 22.4 Å². The molecule has 1 aromatic heterocycles. The summed E-state index contributed by atoms with van der Waals surface area (Å²) in [5.74, 6) is -0.301. The number of nitro groups is 1. The van der Waals surface area contributed by atoms with Crippen LogP contribution in [-0.4, -0.2) is 26.8 Å². The van der Waals surface area contributed by atoms with Crippen molar-refractivity contribution >= 4 is 17.7 Å². The Kier molecular flexibility index (Phi) is 7.68. The normalized spacial score (nSPS) is 11.5. The quantitative estimate of drug-likeness (QED) is 0.175. The number of hydrogen-bond acceptors (Lipinski definition) is 3. The molecule has 0 N–H and O–H groups in total. The number of hydrogen-bond donors (Lipinski definition) is 0. The SMILES string of the molecule is C=CCN(Cc1cccn1Cc1cccc(C(F)(F)F)c1)C(=O)C=Cc1ccc([N+](=O)[O-])cc1. The molecule has 0 atom stereocenters. The molecule has 9 heteroatoms. The van der Waals surface area contributed by atoms with Crippen molar-refractivity contribution < 1.29 is 22.9 Å². The molecule has 2 aromatic carbocycles. The first-order valence-electron chi connectivity index (χ1n) is 10.3. The maximum Gasteiger partial charge on any atom is 0.416 e. The van der Waals surface area contributed by atoms with Crippen LogP contribution >= 0.6 is 0 Å². The molecular formula is C25H22F3N3O3. The molecule has 1 heterocycles. The lowest BCUT2D eigenvalue weighted by atomic mass is 10.1. The van der Waals surface area contributed by atoms with Crippen LogP contribution in [-0.2, 0) is 24.1 Å². The minimum absolute atomic E-state index is 0.0432. The topological polar surface area (TPSA) is 68.4 Å². The maximum atomic E-state index is 13.0. The summed E-state index contributed by atoms with van der Waals surface area (Å²) in [6.07, 6.45) is 1.84. The Labute approximate surface area is 194 Å². The summed E-state index contributed by atoms with van der Waals surface area (Å²) >= 11 is 0. The Morgan fingerprint density at radius 2 is 1.85 bits per heavy atom. The fourth-order valence-electron chi connectivity index (χ4n) is 3.35. The van der Waals surface area contributed by atoms with Gasteiger partial charge in [-0.05, 0) is 53.6 Å². The van der Waals surface area contributed by atoms with E-state index in [1.807, 2.05) is 0 Å². The monoisotopic (exact) mass is 469 g/mol. The highest BCUT2D eigenvalue weighted by molar-refractivity contribution is 5.91. The Hall–Kier alpha value is -4.14. The zero-order valence-electron chi connectivity index (χ0n) is 18.1. The van der Waals surface area contributed by atoms with E-state index in [9.17, 15) is 28.1 Å². The van der Waals surface area contributed by atoms with Gasteiger partial charge in [0.25, 0.3) is 5.69 Å². The second kappa shape index (κ2) is 10.7. The molecule has 0 aliphatic carbocycles. The third kappa shape index (κ3) is 6.44. The Bertz CT molecular complexity index is 1200. The summed E-state index contributed by atoms with van der Waals surface area (Å²) in [6, 6.07) is 14.5. The van der Waals surface area contributed by atoms with Crippen molar-refractivity contribution in [2.45, 2.75) is 19.3 Å². The molecule has 0 bridgehead atoms. The zero-order valence-corrected chi connectivity index (χ0v) is 18.1. The Balaban J connectivity index is 1.73. The van der Waals surface area contributed by atoms with Crippen molar-refractivity contribution in [2.75, 3.05) is 6.54 Å². The van der Waals surface area contributed by atoms with Crippen LogP contribution in [0.4, 0.5) is 18.9 Å². The molecule has 0 spiro atoms. The average molecular weight is 469 g/mol. The largest absolute Gasteiger partial charge is 0.416 e. The number of alkyl halides is 3. The van der Waals surface area contributed by atoms with E-state index >= 15 is 0 Å². The highest BCUT2D eigenvalue weighted by Crippen LogP contribution is 2.29. The Morgan fingerprint density at radius 3 is 2.50 bits per heavy atom. The van der Waals surface area contributed by atoms with Gasteiger partial charge in [0.05, 0.1) is 17.0 Å². The van der Waals surface area contributed by atoms with Gasteiger partial charge in [-0.1, -0.05) is 18.2 Å². The summed E-state index contributed by atoms with van der Waals surface area (Å²) in [4.78, 5) is 24.6. The van der Waals surface area contributed by atoms with E-state index in [1.54, 1.807) is 53.2 Å². The van der Waals surface area contributed by atoms with Crippen LogP contribution in [0.15, 0.2) is 85.6 Å². The number of carbonyl (C=O) groups is 1. The average Bonchev–Trinajstić information content (AvgIpc) is 3.23. The molecule has 0 unspecified atom stereocenters. The summed E-state index contributed by atoms with van der Waals surface area (Å²) in [5, 5.41) is 10.8. The first-order chi connectivity index (χ1) is 16.2. The van der Waals surface area contributed by atoms with Crippen LogP contribution in [0, 0.1) is 10.1 Å². The van der Waals surface area contributed by atoms with Gasteiger partial charge in [-0.25, -0.2) is 0 Å². The minimum atomic E-state index is -4.42. The number of nitrogens with zero attached hydrogens (tertiary/aromatic N) is 3. The van der Waals surface area contributed by atoms with Gasteiger partial charge in [0, 0.05) is 43.2 Å². The maximum absolute atomic E-state index is 13.0. The smallest absolute Gasteiger partial charge is 0.345 e. The van der Waals surface area contributed by atoms with Crippen LogP contribution in [0.25, 0.3) is 6.08 Å². The highest BCUT2D eigenvalue weighted by atomic mass is 19.4. The molecule has 0 aliphatic rings. The van der Waals surface area contributed by atoms with Crippen LogP contribution in [0.5, 0.6) is 0 Å². The van der Waals surface area contributed by atoms with Gasteiger partial charge < -0.3 is 9.47 Å². The minimum Gasteiger partial charge on any atom is -0.345 e. The number of halogens is 3. The fourth-order valence-corrected chi connectivity index (χ4v) is 3.35. The molecule has 3 aromatic rings. The molecular weight excluding hydrogens is 447 g/mol. The predicted octanol–water partition coefficient (Wildman–Crippen LogP) is 5.69. The molecule has 6 nitrogen and oxygen atoms in total. The highest BCUT2D eigenvalue weighted by Gasteiger charge is 2.30. The van der Waals surface area contributed by atoms with E-state index in [0.29, 0.717) is 11.1 Å². The van der Waals surface area contributed by atoms with Crippen molar-refractivity contribution in [3.63, 3.8) is 0 Å². The fraction of sp³-hybridized carbons (Fsp3) is 0.160. The third-order valence-corrected chi connectivity index (χ3v) is 5.07. The molecule has 34 heavy (non-hydrogen) atoms. The Morgan fingerprint density at radius 1 is 1.12 bits per heavy atom. The lowest BCUT2D eigenvalue weighted by Crippen LogP contribution is -2.30. The predicted molar refractivity (Wildman–Crippen MR) is 123 cm³/mol. The molecule has 176 valence electrons. The van der Waals surface area contributed by atoms with E-state index in [-0.39, 0.29) is 31.2 Å². The van der Waals surface area contributed by atoms with Gasteiger partial charge in [-0.2, -0.15) is 13.2 Å². The van der Waals surface area contributed by atoms with Crippen molar-refractivity contribution in [1.29, 1.82) is 0 Å².